The quantitative estimate of drug-likeness (QED) is 0.764. The zero-order valence-electron chi connectivity index (χ0n) is 11.0. The van der Waals surface area contributed by atoms with Gasteiger partial charge in [-0.3, -0.25) is 0 Å². The van der Waals surface area contributed by atoms with E-state index in [1.54, 1.807) is 6.33 Å². The minimum Gasteiger partial charge on any atom is -0.346 e. The second-order valence-electron chi connectivity index (χ2n) is 4.75. The van der Waals surface area contributed by atoms with E-state index in [0.717, 1.165) is 36.0 Å². The van der Waals surface area contributed by atoms with Crippen LogP contribution in [0.2, 0.25) is 0 Å². The van der Waals surface area contributed by atoms with Gasteiger partial charge in [0.05, 0.1) is 12.1 Å². The Bertz CT molecular complexity index is 666. The number of aromatic nitrogens is 4. The molecule has 0 spiro atoms. The first-order valence-corrected chi connectivity index (χ1v) is 6.19. The lowest BCUT2D eigenvalue weighted by Crippen LogP contribution is -2.35. The topological polar surface area (TPSA) is 70.6 Å². The van der Waals surface area contributed by atoms with Crippen LogP contribution in [0.3, 0.4) is 0 Å². The van der Waals surface area contributed by atoms with Gasteiger partial charge in [-0.05, 0) is 25.5 Å². The van der Waals surface area contributed by atoms with E-state index >= 15 is 0 Å². The summed E-state index contributed by atoms with van der Waals surface area (Å²) in [5, 5.41) is 17.3. The SMILES string of the molecule is Cc1cc(C)c(C#N)c(N2CCn3cnnc3C2)n1. The molecule has 0 aliphatic carbocycles. The van der Waals surface area contributed by atoms with Crippen molar-refractivity contribution in [2.24, 2.45) is 0 Å². The van der Waals surface area contributed by atoms with Crippen molar-refractivity contribution in [2.75, 3.05) is 11.4 Å². The summed E-state index contributed by atoms with van der Waals surface area (Å²) in [5.74, 6) is 1.67. The second kappa shape index (κ2) is 4.35. The Morgan fingerprint density at radius 2 is 2.16 bits per heavy atom. The molecule has 19 heavy (non-hydrogen) atoms. The van der Waals surface area contributed by atoms with E-state index in [0.29, 0.717) is 12.1 Å². The smallest absolute Gasteiger partial charge is 0.152 e. The third-order valence-corrected chi connectivity index (χ3v) is 3.38. The maximum absolute atomic E-state index is 9.33. The molecule has 6 heteroatoms. The van der Waals surface area contributed by atoms with Gasteiger partial charge in [0, 0.05) is 18.8 Å². The predicted octanol–water partition coefficient (Wildman–Crippen LogP) is 1.18. The molecular weight excluding hydrogens is 240 g/mol. The van der Waals surface area contributed by atoms with Crippen LogP contribution in [-0.2, 0) is 13.1 Å². The fourth-order valence-electron chi connectivity index (χ4n) is 2.43. The number of hydrogen-bond donors (Lipinski definition) is 0. The highest BCUT2D eigenvalue weighted by Gasteiger charge is 2.22. The van der Waals surface area contributed by atoms with E-state index < -0.39 is 0 Å². The van der Waals surface area contributed by atoms with Crippen molar-refractivity contribution in [1.29, 1.82) is 5.26 Å². The fourth-order valence-corrected chi connectivity index (χ4v) is 2.43. The van der Waals surface area contributed by atoms with Crippen LogP contribution < -0.4 is 4.90 Å². The number of nitrogens with zero attached hydrogens (tertiary/aromatic N) is 6. The van der Waals surface area contributed by atoms with Gasteiger partial charge in [0.25, 0.3) is 0 Å². The summed E-state index contributed by atoms with van der Waals surface area (Å²) >= 11 is 0. The molecule has 1 aliphatic rings. The first kappa shape index (κ1) is 11.7. The lowest BCUT2D eigenvalue weighted by atomic mass is 10.1. The van der Waals surface area contributed by atoms with E-state index in [2.05, 4.69) is 26.2 Å². The van der Waals surface area contributed by atoms with Crippen LogP contribution in [0.15, 0.2) is 12.4 Å². The molecule has 0 bridgehead atoms. The molecule has 1 aliphatic heterocycles. The van der Waals surface area contributed by atoms with Gasteiger partial charge < -0.3 is 9.47 Å². The van der Waals surface area contributed by atoms with Crippen molar-refractivity contribution in [3.63, 3.8) is 0 Å². The number of nitriles is 1. The van der Waals surface area contributed by atoms with E-state index in [1.165, 1.54) is 0 Å². The Kier molecular flexibility index (Phi) is 2.67. The van der Waals surface area contributed by atoms with Crippen LogP contribution in [0.5, 0.6) is 0 Å². The van der Waals surface area contributed by atoms with Gasteiger partial charge in [0.15, 0.2) is 5.82 Å². The maximum atomic E-state index is 9.33. The van der Waals surface area contributed by atoms with Gasteiger partial charge in [-0.25, -0.2) is 4.98 Å². The Morgan fingerprint density at radius 1 is 1.32 bits per heavy atom. The zero-order chi connectivity index (χ0) is 13.4. The molecule has 96 valence electrons. The van der Waals surface area contributed by atoms with Gasteiger partial charge in [-0.2, -0.15) is 5.26 Å². The number of pyridine rings is 1. The van der Waals surface area contributed by atoms with Crippen molar-refractivity contribution in [1.82, 2.24) is 19.7 Å². The Labute approximate surface area is 111 Å². The average Bonchev–Trinajstić information content (AvgIpc) is 2.85. The molecule has 2 aromatic rings. The summed E-state index contributed by atoms with van der Waals surface area (Å²) in [6.45, 7) is 6.18. The van der Waals surface area contributed by atoms with Gasteiger partial charge in [-0.1, -0.05) is 0 Å². The van der Waals surface area contributed by atoms with Crippen LogP contribution >= 0.6 is 0 Å². The molecule has 0 unspecified atom stereocenters. The molecule has 6 nitrogen and oxygen atoms in total. The third-order valence-electron chi connectivity index (χ3n) is 3.38. The first-order valence-electron chi connectivity index (χ1n) is 6.19. The molecule has 0 atom stereocenters. The molecule has 0 radical (unpaired) electrons. The van der Waals surface area contributed by atoms with Gasteiger partial charge in [0.2, 0.25) is 0 Å². The van der Waals surface area contributed by atoms with Gasteiger partial charge >= 0.3 is 0 Å². The number of anilines is 1. The number of hydrogen-bond acceptors (Lipinski definition) is 5. The molecule has 3 heterocycles. The minimum atomic E-state index is 0.643. The highest BCUT2D eigenvalue weighted by molar-refractivity contribution is 5.58. The Balaban J connectivity index is 2.02. The summed E-state index contributed by atoms with van der Waals surface area (Å²) in [6.07, 6.45) is 1.74. The van der Waals surface area contributed by atoms with Crippen LogP contribution in [0.1, 0.15) is 22.6 Å². The summed E-state index contributed by atoms with van der Waals surface area (Å²) in [7, 11) is 0. The third kappa shape index (κ3) is 1.93. The Hall–Kier alpha value is -2.42. The molecule has 0 aromatic carbocycles. The maximum Gasteiger partial charge on any atom is 0.152 e. The fraction of sp³-hybridized carbons (Fsp3) is 0.385. The van der Waals surface area contributed by atoms with E-state index in [-0.39, 0.29) is 0 Å². The summed E-state index contributed by atoms with van der Waals surface area (Å²) < 4.78 is 2.03. The van der Waals surface area contributed by atoms with Crippen LogP contribution in [0.25, 0.3) is 0 Å². The van der Waals surface area contributed by atoms with Crippen LogP contribution in [-0.4, -0.2) is 26.3 Å². The zero-order valence-corrected chi connectivity index (χ0v) is 11.0. The lowest BCUT2D eigenvalue weighted by molar-refractivity contribution is 0.555. The number of aryl methyl sites for hydroxylation is 2. The number of rotatable bonds is 1. The minimum absolute atomic E-state index is 0.643. The van der Waals surface area contributed by atoms with Crippen molar-refractivity contribution >= 4 is 5.82 Å². The molecule has 0 fully saturated rings. The van der Waals surface area contributed by atoms with E-state index in [4.69, 9.17) is 0 Å². The van der Waals surface area contributed by atoms with Gasteiger partial charge in [-0.15, -0.1) is 10.2 Å². The van der Waals surface area contributed by atoms with Crippen LogP contribution in [0, 0.1) is 25.2 Å². The monoisotopic (exact) mass is 254 g/mol. The van der Waals surface area contributed by atoms with Crippen molar-refractivity contribution in [3.05, 3.63) is 35.0 Å². The second-order valence-corrected chi connectivity index (χ2v) is 4.75. The standard InChI is InChI=1S/C13H14N6/c1-9-5-10(2)16-13(11(9)6-14)18-3-4-19-8-15-17-12(19)7-18/h5,8H,3-4,7H2,1-2H3. The Morgan fingerprint density at radius 3 is 2.95 bits per heavy atom. The first-order chi connectivity index (χ1) is 9.19. The molecule has 0 amide bonds. The molecule has 0 saturated carbocycles. The lowest BCUT2D eigenvalue weighted by Gasteiger charge is -2.29. The number of fused-ring (bicyclic) bond motifs is 1. The average molecular weight is 254 g/mol. The molecule has 0 saturated heterocycles. The van der Waals surface area contributed by atoms with Crippen molar-refractivity contribution in [3.8, 4) is 6.07 Å². The van der Waals surface area contributed by atoms with Gasteiger partial charge in [0.1, 0.15) is 18.2 Å². The van der Waals surface area contributed by atoms with E-state index in [9.17, 15) is 5.26 Å². The summed E-state index contributed by atoms with van der Waals surface area (Å²) in [6, 6.07) is 4.20. The van der Waals surface area contributed by atoms with Crippen molar-refractivity contribution < 1.29 is 0 Å². The van der Waals surface area contributed by atoms with E-state index in [1.807, 2.05) is 24.5 Å². The molecule has 0 N–H and O–H groups in total. The molecular formula is C13H14N6. The predicted molar refractivity (Wildman–Crippen MR) is 69.5 cm³/mol. The normalized spacial score (nSPS) is 14.1. The van der Waals surface area contributed by atoms with Crippen molar-refractivity contribution in [2.45, 2.75) is 26.9 Å². The molecule has 3 rings (SSSR count). The highest BCUT2D eigenvalue weighted by Crippen LogP contribution is 2.24. The summed E-state index contributed by atoms with van der Waals surface area (Å²) in [4.78, 5) is 6.63. The van der Waals surface area contributed by atoms with Crippen LogP contribution in [0.4, 0.5) is 5.82 Å². The largest absolute Gasteiger partial charge is 0.346 e. The summed E-state index contributed by atoms with van der Waals surface area (Å²) in [5.41, 5.74) is 2.55. The molecule has 2 aromatic heterocycles. The highest BCUT2D eigenvalue weighted by atomic mass is 15.3.